The molecule has 1 aliphatic heterocycles. The summed E-state index contributed by atoms with van der Waals surface area (Å²) in [6, 6.07) is 5.55. The van der Waals surface area contributed by atoms with Gasteiger partial charge in [-0.15, -0.1) is 0 Å². The fourth-order valence-electron chi connectivity index (χ4n) is 2.39. The first kappa shape index (κ1) is 15.1. The van der Waals surface area contributed by atoms with Crippen LogP contribution in [0.4, 0.5) is 5.69 Å². The molecule has 0 spiro atoms. The van der Waals surface area contributed by atoms with Gasteiger partial charge in [0.05, 0.1) is 10.6 Å². The maximum absolute atomic E-state index is 12.0. The number of carbonyl (C=O) groups excluding carboxylic acids is 1. The predicted molar refractivity (Wildman–Crippen MR) is 83.6 cm³/mol. The highest BCUT2D eigenvalue weighted by Crippen LogP contribution is 2.22. The van der Waals surface area contributed by atoms with Crippen molar-refractivity contribution in [2.24, 2.45) is 5.92 Å². The third-order valence-corrected chi connectivity index (χ3v) is 3.99. The van der Waals surface area contributed by atoms with Crippen molar-refractivity contribution < 1.29 is 4.79 Å². The van der Waals surface area contributed by atoms with Crippen LogP contribution in [0.2, 0.25) is 5.02 Å². The zero-order valence-electron chi connectivity index (χ0n) is 12.1. The first-order valence-corrected chi connectivity index (χ1v) is 7.41. The maximum Gasteiger partial charge on any atom is 0.254 e. The van der Waals surface area contributed by atoms with E-state index in [0.717, 1.165) is 25.3 Å². The van der Waals surface area contributed by atoms with Gasteiger partial charge in [0, 0.05) is 26.3 Å². The summed E-state index contributed by atoms with van der Waals surface area (Å²) in [4.78, 5) is 13.6. The van der Waals surface area contributed by atoms with Gasteiger partial charge in [0.15, 0.2) is 0 Å². The Morgan fingerprint density at radius 3 is 2.75 bits per heavy atom. The number of anilines is 1. The van der Waals surface area contributed by atoms with E-state index in [-0.39, 0.29) is 5.91 Å². The molecule has 1 aliphatic rings. The summed E-state index contributed by atoms with van der Waals surface area (Å²) in [5.74, 6) is 0.625. The molecule has 2 rings (SSSR count). The molecule has 0 atom stereocenters. The summed E-state index contributed by atoms with van der Waals surface area (Å²) in [5.41, 5.74) is 1.50. The number of rotatable bonds is 4. The number of nitrogens with zero attached hydrogens (tertiary/aromatic N) is 1. The van der Waals surface area contributed by atoms with Crippen LogP contribution in [-0.2, 0) is 0 Å². The summed E-state index contributed by atoms with van der Waals surface area (Å²) >= 11 is 6.10. The van der Waals surface area contributed by atoms with Gasteiger partial charge < -0.3 is 15.5 Å². The standard InChI is InChI=1S/C15H22ClN3O/c1-19(2)15(20)13-9-12(3-4-14(13)16)18-10-11-5-7-17-8-6-11/h3-4,9,11,17-18H,5-8,10H2,1-2H3. The van der Waals surface area contributed by atoms with E-state index in [4.69, 9.17) is 11.6 Å². The predicted octanol–water partition coefficient (Wildman–Crippen LogP) is 2.45. The summed E-state index contributed by atoms with van der Waals surface area (Å²) in [6.07, 6.45) is 2.40. The van der Waals surface area contributed by atoms with E-state index in [1.165, 1.54) is 17.7 Å². The van der Waals surface area contributed by atoms with Crippen molar-refractivity contribution in [1.82, 2.24) is 10.2 Å². The first-order valence-electron chi connectivity index (χ1n) is 7.03. The third-order valence-electron chi connectivity index (χ3n) is 3.66. The monoisotopic (exact) mass is 295 g/mol. The van der Waals surface area contributed by atoms with Crippen LogP contribution in [0.3, 0.4) is 0 Å². The van der Waals surface area contributed by atoms with E-state index in [1.54, 1.807) is 20.2 Å². The van der Waals surface area contributed by atoms with E-state index < -0.39 is 0 Å². The van der Waals surface area contributed by atoms with E-state index in [1.807, 2.05) is 12.1 Å². The van der Waals surface area contributed by atoms with Crippen molar-refractivity contribution in [1.29, 1.82) is 0 Å². The van der Waals surface area contributed by atoms with Crippen LogP contribution in [-0.4, -0.2) is 44.5 Å². The van der Waals surface area contributed by atoms with Crippen molar-refractivity contribution >= 4 is 23.2 Å². The topological polar surface area (TPSA) is 44.4 Å². The average Bonchev–Trinajstić information content (AvgIpc) is 2.46. The molecule has 1 aromatic carbocycles. The SMILES string of the molecule is CN(C)C(=O)c1cc(NCC2CCNCC2)ccc1Cl. The van der Waals surface area contributed by atoms with E-state index in [9.17, 15) is 4.79 Å². The van der Waals surface area contributed by atoms with Gasteiger partial charge in [-0.05, 0) is 50.0 Å². The Morgan fingerprint density at radius 1 is 1.40 bits per heavy atom. The summed E-state index contributed by atoms with van der Waals surface area (Å²) < 4.78 is 0. The quantitative estimate of drug-likeness (QED) is 0.897. The molecule has 1 amide bonds. The molecule has 1 aromatic rings. The molecule has 1 heterocycles. The normalized spacial score (nSPS) is 15.9. The van der Waals surface area contributed by atoms with Crippen LogP contribution in [0.5, 0.6) is 0 Å². The molecule has 0 aliphatic carbocycles. The van der Waals surface area contributed by atoms with E-state index >= 15 is 0 Å². The van der Waals surface area contributed by atoms with E-state index in [0.29, 0.717) is 16.5 Å². The second-order valence-corrected chi connectivity index (χ2v) is 5.88. The molecule has 0 bridgehead atoms. The zero-order chi connectivity index (χ0) is 14.5. The van der Waals surface area contributed by atoms with Crippen LogP contribution < -0.4 is 10.6 Å². The summed E-state index contributed by atoms with van der Waals surface area (Å²) in [6.45, 7) is 3.13. The molecule has 2 N–H and O–H groups in total. The van der Waals surface area contributed by atoms with Crippen molar-refractivity contribution in [3.63, 3.8) is 0 Å². The lowest BCUT2D eigenvalue weighted by Gasteiger charge is -2.23. The number of piperidine rings is 1. The first-order chi connectivity index (χ1) is 9.58. The molecule has 0 radical (unpaired) electrons. The Kier molecular flexibility index (Phi) is 5.26. The fraction of sp³-hybridized carbons (Fsp3) is 0.533. The van der Waals surface area contributed by atoms with Gasteiger partial charge in [-0.1, -0.05) is 11.6 Å². The fourth-order valence-corrected chi connectivity index (χ4v) is 2.59. The van der Waals surface area contributed by atoms with Crippen LogP contribution in [0.1, 0.15) is 23.2 Å². The number of nitrogens with one attached hydrogen (secondary N) is 2. The molecule has 0 aromatic heterocycles. The Labute approximate surface area is 125 Å². The molecule has 4 nitrogen and oxygen atoms in total. The highest BCUT2D eigenvalue weighted by atomic mass is 35.5. The molecule has 1 saturated heterocycles. The Morgan fingerprint density at radius 2 is 2.10 bits per heavy atom. The highest BCUT2D eigenvalue weighted by Gasteiger charge is 2.15. The minimum absolute atomic E-state index is 0.0690. The Balaban J connectivity index is 2.01. The number of carbonyl (C=O) groups is 1. The van der Waals surface area contributed by atoms with Gasteiger partial charge in [0.1, 0.15) is 0 Å². The molecular formula is C15H22ClN3O. The van der Waals surface area contributed by atoms with Crippen LogP contribution in [0.25, 0.3) is 0 Å². The number of hydrogen-bond donors (Lipinski definition) is 2. The van der Waals surface area contributed by atoms with Crippen LogP contribution in [0, 0.1) is 5.92 Å². The van der Waals surface area contributed by atoms with Gasteiger partial charge in [0.25, 0.3) is 5.91 Å². The van der Waals surface area contributed by atoms with Crippen molar-refractivity contribution in [2.45, 2.75) is 12.8 Å². The zero-order valence-corrected chi connectivity index (χ0v) is 12.8. The number of hydrogen-bond acceptors (Lipinski definition) is 3. The van der Waals surface area contributed by atoms with Gasteiger partial charge in [0.2, 0.25) is 0 Å². The van der Waals surface area contributed by atoms with Crippen molar-refractivity contribution in [3.05, 3.63) is 28.8 Å². The molecule has 110 valence electrons. The van der Waals surface area contributed by atoms with Crippen LogP contribution >= 0.6 is 11.6 Å². The van der Waals surface area contributed by atoms with E-state index in [2.05, 4.69) is 10.6 Å². The minimum Gasteiger partial charge on any atom is -0.385 e. The lowest BCUT2D eigenvalue weighted by atomic mass is 9.98. The molecule has 1 fully saturated rings. The summed E-state index contributed by atoms with van der Waals surface area (Å²) in [5, 5.41) is 7.28. The molecule has 20 heavy (non-hydrogen) atoms. The third kappa shape index (κ3) is 3.87. The van der Waals surface area contributed by atoms with Crippen molar-refractivity contribution in [3.8, 4) is 0 Å². The second kappa shape index (κ2) is 6.95. The van der Waals surface area contributed by atoms with Crippen molar-refractivity contribution in [2.75, 3.05) is 39.0 Å². The molecule has 0 unspecified atom stereocenters. The highest BCUT2D eigenvalue weighted by molar-refractivity contribution is 6.34. The molecule has 0 saturated carbocycles. The van der Waals surface area contributed by atoms with Gasteiger partial charge >= 0.3 is 0 Å². The van der Waals surface area contributed by atoms with Crippen LogP contribution in [0.15, 0.2) is 18.2 Å². The average molecular weight is 296 g/mol. The maximum atomic E-state index is 12.0. The summed E-state index contributed by atoms with van der Waals surface area (Å²) in [7, 11) is 3.46. The second-order valence-electron chi connectivity index (χ2n) is 5.47. The Bertz CT molecular complexity index is 470. The Hall–Kier alpha value is -1.26. The molecule has 5 heteroatoms. The number of benzene rings is 1. The minimum atomic E-state index is -0.0690. The van der Waals surface area contributed by atoms with Gasteiger partial charge in [-0.25, -0.2) is 0 Å². The number of amides is 1. The number of halogens is 1. The lowest BCUT2D eigenvalue weighted by Crippen LogP contribution is -2.31. The van der Waals surface area contributed by atoms with Gasteiger partial charge in [-0.3, -0.25) is 4.79 Å². The lowest BCUT2D eigenvalue weighted by molar-refractivity contribution is 0.0828. The largest absolute Gasteiger partial charge is 0.385 e. The molecular weight excluding hydrogens is 274 g/mol. The van der Waals surface area contributed by atoms with Gasteiger partial charge in [-0.2, -0.15) is 0 Å². The smallest absolute Gasteiger partial charge is 0.254 e.